The third-order valence-corrected chi connectivity index (χ3v) is 2.27. The minimum Gasteiger partial charge on any atom is -0.478 e. The number of nitrogens with one attached hydrogen (secondary N) is 1. The highest BCUT2D eigenvalue weighted by Gasteiger charge is 1.99. The lowest BCUT2D eigenvalue weighted by molar-refractivity contribution is 0.305. The first-order valence-corrected chi connectivity index (χ1v) is 5.97. The molecule has 1 N–H and O–H groups in total. The molecule has 94 valence electrons. The number of nitrogens with zero attached hydrogens (tertiary/aromatic N) is 3. The van der Waals surface area contributed by atoms with Crippen molar-refractivity contribution in [3.8, 4) is 5.88 Å². The molecule has 18 heavy (non-hydrogen) atoms. The molecule has 0 aromatic carbocycles. The fourth-order valence-electron chi connectivity index (χ4n) is 1.41. The molecular weight excluding hydrogens is 228 g/mol. The van der Waals surface area contributed by atoms with E-state index in [-0.39, 0.29) is 0 Å². The minimum absolute atomic E-state index is 0.593. The zero-order valence-electron chi connectivity index (χ0n) is 10.3. The highest BCUT2D eigenvalue weighted by molar-refractivity contribution is 5.37. The van der Waals surface area contributed by atoms with E-state index in [4.69, 9.17) is 4.74 Å². The predicted molar refractivity (Wildman–Crippen MR) is 69.4 cm³/mol. The van der Waals surface area contributed by atoms with E-state index in [1.807, 2.05) is 18.2 Å². The third kappa shape index (κ3) is 3.69. The Bertz CT molecular complexity index is 475. The summed E-state index contributed by atoms with van der Waals surface area (Å²) < 4.78 is 5.44. The molecule has 2 aromatic heterocycles. The molecule has 0 atom stereocenters. The van der Waals surface area contributed by atoms with Gasteiger partial charge < -0.3 is 10.1 Å². The maximum atomic E-state index is 5.44. The zero-order valence-corrected chi connectivity index (χ0v) is 10.3. The van der Waals surface area contributed by atoms with Crippen LogP contribution in [0.15, 0.2) is 36.8 Å². The fourth-order valence-corrected chi connectivity index (χ4v) is 1.41. The van der Waals surface area contributed by atoms with Crippen LogP contribution in [0, 0.1) is 0 Å². The van der Waals surface area contributed by atoms with Crippen molar-refractivity contribution in [2.75, 3.05) is 11.9 Å². The van der Waals surface area contributed by atoms with Crippen LogP contribution in [0.4, 0.5) is 5.82 Å². The van der Waals surface area contributed by atoms with E-state index in [1.165, 1.54) is 6.33 Å². The molecule has 0 fully saturated rings. The first-order valence-electron chi connectivity index (χ1n) is 5.97. The summed E-state index contributed by atoms with van der Waals surface area (Å²) in [5.41, 5.74) is 0.965. The monoisotopic (exact) mass is 244 g/mol. The number of hydrogen-bond acceptors (Lipinski definition) is 5. The number of anilines is 1. The van der Waals surface area contributed by atoms with Gasteiger partial charge in [0.2, 0.25) is 5.88 Å². The smallest absolute Gasteiger partial charge is 0.218 e. The van der Waals surface area contributed by atoms with E-state index in [1.54, 1.807) is 12.3 Å². The Balaban J connectivity index is 1.93. The molecule has 0 aliphatic rings. The quantitative estimate of drug-likeness (QED) is 0.844. The second kappa shape index (κ2) is 6.54. The molecule has 0 aliphatic heterocycles. The molecule has 2 rings (SSSR count). The van der Waals surface area contributed by atoms with Gasteiger partial charge in [-0.05, 0) is 18.6 Å². The van der Waals surface area contributed by atoms with Crippen LogP contribution in [0.2, 0.25) is 0 Å². The Morgan fingerprint density at radius 1 is 1.22 bits per heavy atom. The van der Waals surface area contributed by atoms with Crippen molar-refractivity contribution in [2.45, 2.75) is 19.9 Å². The van der Waals surface area contributed by atoms with E-state index < -0.39 is 0 Å². The average Bonchev–Trinajstić information content (AvgIpc) is 2.44. The van der Waals surface area contributed by atoms with Crippen molar-refractivity contribution in [3.05, 3.63) is 42.5 Å². The molecule has 0 unspecified atom stereocenters. The Morgan fingerprint density at radius 3 is 2.94 bits per heavy atom. The van der Waals surface area contributed by atoms with Crippen molar-refractivity contribution in [3.63, 3.8) is 0 Å². The van der Waals surface area contributed by atoms with Crippen LogP contribution in [0.25, 0.3) is 0 Å². The molecule has 0 amide bonds. The molecule has 0 radical (unpaired) electrons. The van der Waals surface area contributed by atoms with Crippen LogP contribution in [-0.2, 0) is 6.54 Å². The SMILES string of the molecule is CCCOc1cc(NCc2ccccn2)ncn1. The number of pyridine rings is 1. The summed E-state index contributed by atoms with van der Waals surface area (Å²) in [6, 6.07) is 7.60. The Labute approximate surface area is 106 Å². The number of ether oxygens (including phenoxy) is 1. The van der Waals surface area contributed by atoms with Gasteiger partial charge >= 0.3 is 0 Å². The summed E-state index contributed by atoms with van der Waals surface area (Å²) >= 11 is 0. The molecule has 2 heterocycles. The molecule has 0 aliphatic carbocycles. The molecule has 0 spiro atoms. The van der Waals surface area contributed by atoms with Crippen molar-refractivity contribution < 1.29 is 4.74 Å². The molecule has 2 aromatic rings. The van der Waals surface area contributed by atoms with Crippen LogP contribution in [0.3, 0.4) is 0 Å². The largest absolute Gasteiger partial charge is 0.478 e. The Kier molecular flexibility index (Phi) is 4.46. The molecule has 0 saturated heterocycles. The van der Waals surface area contributed by atoms with E-state index in [0.717, 1.165) is 17.9 Å². The van der Waals surface area contributed by atoms with E-state index in [9.17, 15) is 0 Å². The Hall–Kier alpha value is -2.17. The molecule has 0 bridgehead atoms. The van der Waals surface area contributed by atoms with Crippen LogP contribution in [-0.4, -0.2) is 21.6 Å². The normalized spacial score (nSPS) is 10.1. The number of rotatable bonds is 6. The highest BCUT2D eigenvalue weighted by atomic mass is 16.5. The number of hydrogen-bond donors (Lipinski definition) is 1. The predicted octanol–water partition coefficient (Wildman–Crippen LogP) is 2.27. The number of aromatic nitrogens is 3. The van der Waals surface area contributed by atoms with Crippen molar-refractivity contribution in [2.24, 2.45) is 0 Å². The summed E-state index contributed by atoms with van der Waals surface area (Å²) in [4.78, 5) is 12.4. The van der Waals surface area contributed by atoms with Crippen molar-refractivity contribution >= 4 is 5.82 Å². The van der Waals surface area contributed by atoms with Crippen molar-refractivity contribution in [1.29, 1.82) is 0 Å². The average molecular weight is 244 g/mol. The van der Waals surface area contributed by atoms with Crippen LogP contribution in [0.5, 0.6) is 5.88 Å². The van der Waals surface area contributed by atoms with Gasteiger partial charge in [-0.15, -0.1) is 0 Å². The third-order valence-electron chi connectivity index (χ3n) is 2.27. The lowest BCUT2D eigenvalue weighted by Crippen LogP contribution is -2.04. The van der Waals surface area contributed by atoms with Gasteiger partial charge in [-0.1, -0.05) is 13.0 Å². The first-order chi connectivity index (χ1) is 8.88. The van der Waals surface area contributed by atoms with Gasteiger partial charge in [0, 0.05) is 12.3 Å². The summed E-state index contributed by atoms with van der Waals surface area (Å²) in [6.07, 6.45) is 4.22. The standard InChI is InChI=1S/C13H16N4O/c1-2-7-18-13-8-12(16-10-17-13)15-9-11-5-3-4-6-14-11/h3-6,8,10H,2,7,9H2,1H3,(H,15,16,17). The lowest BCUT2D eigenvalue weighted by atomic mass is 10.3. The highest BCUT2D eigenvalue weighted by Crippen LogP contribution is 2.11. The maximum absolute atomic E-state index is 5.44. The fraction of sp³-hybridized carbons (Fsp3) is 0.308. The minimum atomic E-state index is 0.593. The van der Waals surface area contributed by atoms with Gasteiger partial charge in [0.1, 0.15) is 12.1 Å². The summed E-state index contributed by atoms with van der Waals surface area (Å²) in [5, 5.41) is 3.18. The zero-order chi connectivity index (χ0) is 12.6. The maximum Gasteiger partial charge on any atom is 0.218 e. The summed E-state index contributed by atoms with van der Waals surface area (Å²) in [7, 11) is 0. The van der Waals surface area contributed by atoms with Crippen molar-refractivity contribution in [1.82, 2.24) is 15.0 Å². The van der Waals surface area contributed by atoms with E-state index in [0.29, 0.717) is 19.0 Å². The molecule has 0 saturated carbocycles. The second-order valence-electron chi connectivity index (χ2n) is 3.76. The molecule has 5 nitrogen and oxygen atoms in total. The van der Waals surface area contributed by atoms with E-state index >= 15 is 0 Å². The van der Waals surface area contributed by atoms with Crippen LogP contribution in [0.1, 0.15) is 19.0 Å². The lowest BCUT2D eigenvalue weighted by Gasteiger charge is -2.07. The summed E-state index contributed by atoms with van der Waals surface area (Å²) in [5.74, 6) is 1.33. The molecule has 5 heteroatoms. The van der Waals surface area contributed by atoms with Gasteiger partial charge in [-0.25, -0.2) is 9.97 Å². The van der Waals surface area contributed by atoms with E-state index in [2.05, 4.69) is 27.2 Å². The van der Waals surface area contributed by atoms with Gasteiger partial charge in [0.25, 0.3) is 0 Å². The van der Waals surface area contributed by atoms with Gasteiger partial charge in [0.15, 0.2) is 0 Å². The summed E-state index contributed by atoms with van der Waals surface area (Å²) in [6.45, 7) is 3.35. The van der Waals surface area contributed by atoms with Gasteiger partial charge in [0.05, 0.1) is 18.8 Å². The first kappa shape index (κ1) is 12.3. The van der Waals surface area contributed by atoms with Crippen LogP contribution < -0.4 is 10.1 Å². The molecular formula is C13H16N4O. The van der Waals surface area contributed by atoms with Gasteiger partial charge in [-0.3, -0.25) is 4.98 Å². The van der Waals surface area contributed by atoms with Crippen LogP contribution >= 0.6 is 0 Å². The Morgan fingerprint density at radius 2 is 2.17 bits per heavy atom. The van der Waals surface area contributed by atoms with Gasteiger partial charge in [-0.2, -0.15) is 0 Å². The second-order valence-corrected chi connectivity index (χ2v) is 3.76. The topological polar surface area (TPSA) is 59.9 Å².